The molecule has 23 heavy (non-hydrogen) atoms. The summed E-state index contributed by atoms with van der Waals surface area (Å²) in [6.45, 7) is 4.23. The summed E-state index contributed by atoms with van der Waals surface area (Å²) in [4.78, 5) is 26.1. The third-order valence-electron chi connectivity index (χ3n) is 4.45. The lowest BCUT2D eigenvalue weighted by Gasteiger charge is -2.30. The summed E-state index contributed by atoms with van der Waals surface area (Å²) in [5.74, 6) is -0.357. The molecule has 0 saturated heterocycles. The second-order valence-corrected chi connectivity index (χ2v) is 6.21. The second-order valence-electron chi connectivity index (χ2n) is 6.21. The van der Waals surface area contributed by atoms with E-state index in [4.69, 9.17) is 0 Å². The van der Waals surface area contributed by atoms with Gasteiger partial charge in [-0.1, -0.05) is 25.0 Å². The Labute approximate surface area is 137 Å². The molecule has 1 N–H and O–H groups in total. The molecule has 1 aromatic rings. The minimum Gasteiger partial charge on any atom is -0.344 e. The molecule has 4 nitrogen and oxygen atoms in total. The summed E-state index contributed by atoms with van der Waals surface area (Å²) in [6.07, 6.45) is 4.14. The van der Waals surface area contributed by atoms with Gasteiger partial charge in [-0.25, -0.2) is 4.39 Å². The number of hydrogen-bond donors (Lipinski definition) is 1. The molecule has 1 aliphatic carbocycles. The summed E-state index contributed by atoms with van der Waals surface area (Å²) in [6, 6.07) is 5.82. The first kappa shape index (κ1) is 17.4. The predicted octanol–water partition coefficient (Wildman–Crippen LogP) is 2.87. The molecule has 1 unspecified atom stereocenters. The van der Waals surface area contributed by atoms with Gasteiger partial charge in [-0.05, 0) is 43.4 Å². The van der Waals surface area contributed by atoms with Crippen LogP contribution in [0, 0.1) is 11.7 Å². The van der Waals surface area contributed by atoms with Gasteiger partial charge in [0.25, 0.3) is 0 Å². The Bertz CT molecular complexity index is 556. The normalized spacial score (nSPS) is 16.1. The molecule has 0 heterocycles. The lowest BCUT2D eigenvalue weighted by atomic mass is 9.96. The molecule has 0 aliphatic heterocycles. The van der Waals surface area contributed by atoms with Gasteiger partial charge in [-0.2, -0.15) is 0 Å². The van der Waals surface area contributed by atoms with Crippen LogP contribution >= 0.6 is 0 Å². The van der Waals surface area contributed by atoms with Crippen LogP contribution in [0.3, 0.4) is 0 Å². The van der Waals surface area contributed by atoms with E-state index < -0.39 is 6.04 Å². The molecule has 2 amide bonds. The van der Waals surface area contributed by atoms with Crippen LogP contribution in [0.25, 0.3) is 0 Å². The number of hydrogen-bond acceptors (Lipinski definition) is 2. The quantitative estimate of drug-likeness (QED) is 0.876. The van der Waals surface area contributed by atoms with Crippen molar-refractivity contribution < 1.29 is 14.0 Å². The highest BCUT2D eigenvalue weighted by atomic mass is 19.1. The fourth-order valence-electron chi connectivity index (χ4n) is 3.29. The molecule has 1 saturated carbocycles. The van der Waals surface area contributed by atoms with Gasteiger partial charge in [-0.3, -0.25) is 9.59 Å². The molecular weight excluding hydrogens is 295 g/mol. The Morgan fingerprint density at radius 3 is 2.61 bits per heavy atom. The third kappa shape index (κ3) is 4.78. The Kier molecular flexibility index (Phi) is 6.13. The zero-order valence-corrected chi connectivity index (χ0v) is 13.8. The second kappa shape index (κ2) is 8.09. The molecule has 0 spiro atoms. The molecule has 126 valence electrons. The van der Waals surface area contributed by atoms with Crippen molar-refractivity contribution in [3.63, 3.8) is 0 Å². The van der Waals surface area contributed by atoms with Gasteiger partial charge in [0, 0.05) is 20.0 Å². The predicted molar refractivity (Wildman–Crippen MR) is 87.1 cm³/mol. The van der Waals surface area contributed by atoms with Crippen LogP contribution in [0.4, 0.5) is 4.39 Å². The van der Waals surface area contributed by atoms with Crippen LogP contribution in [0.15, 0.2) is 24.3 Å². The first-order chi connectivity index (χ1) is 11.0. The highest BCUT2D eigenvalue weighted by molar-refractivity contribution is 5.87. The van der Waals surface area contributed by atoms with Crippen molar-refractivity contribution in [2.45, 2.75) is 52.1 Å². The van der Waals surface area contributed by atoms with Crippen molar-refractivity contribution in [2.75, 3.05) is 6.54 Å². The number of carbonyl (C=O) groups excluding carboxylic acids is 2. The summed E-state index contributed by atoms with van der Waals surface area (Å²) >= 11 is 0. The van der Waals surface area contributed by atoms with E-state index >= 15 is 0 Å². The Balaban J connectivity index is 2.12. The molecule has 1 aromatic carbocycles. The number of benzene rings is 1. The molecule has 1 atom stereocenters. The minimum atomic E-state index is -0.469. The van der Waals surface area contributed by atoms with E-state index in [1.807, 2.05) is 13.0 Å². The number of nitrogens with zero attached hydrogens (tertiary/aromatic N) is 1. The lowest BCUT2D eigenvalue weighted by Crippen LogP contribution is -2.51. The number of carbonyl (C=O) groups is 2. The van der Waals surface area contributed by atoms with Crippen LogP contribution in [-0.4, -0.2) is 29.3 Å². The molecule has 1 fully saturated rings. The summed E-state index contributed by atoms with van der Waals surface area (Å²) in [7, 11) is 0. The average molecular weight is 320 g/mol. The highest BCUT2D eigenvalue weighted by Crippen LogP contribution is 2.29. The summed E-state index contributed by atoms with van der Waals surface area (Å²) in [5, 5.41) is 2.83. The van der Waals surface area contributed by atoms with Gasteiger partial charge in [0.15, 0.2) is 0 Å². The minimum absolute atomic E-state index is 0.0705. The first-order valence-corrected chi connectivity index (χ1v) is 8.31. The van der Waals surface area contributed by atoms with Gasteiger partial charge in [0.2, 0.25) is 11.8 Å². The number of nitrogens with one attached hydrogen (secondary N) is 1. The van der Waals surface area contributed by atoms with Gasteiger partial charge in [0.1, 0.15) is 11.9 Å². The first-order valence-electron chi connectivity index (χ1n) is 8.31. The highest BCUT2D eigenvalue weighted by Gasteiger charge is 2.33. The number of rotatable bonds is 6. The zero-order valence-electron chi connectivity index (χ0n) is 13.8. The van der Waals surface area contributed by atoms with E-state index in [-0.39, 0.29) is 23.5 Å². The van der Waals surface area contributed by atoms with Crippen molar-refractivity contribution in [2.24, 2.45) is 5.92 Å². The van der Waals surface area contributed by atoms with Gasteiger partial charge < -0.3 is 10.2 Å². The van der Waals surface area contributed by atoms with E-state index in [1.54, 1.807) is 11.0 Å². The SMILES string of the molecule is CCN(Cc1cccc(F)c1)C(=O)C(NC(C)=O)C1CCCC1. The van der Waals surface area contributed by atoms with Gasteiger partial charge in [-0.15, -0.1) is 0 Å². The Hall–Kier alpha value is -1.91. The largest absolute Gasteiger partial charge is 0.344 e. The van der Waals surface area contributed by atoms with Crippen molar-refractivity contribution in [1.29, 1.82) is 0 Å². The maximum atomic E-state index is 13.3. The van der Waals surface area contributed by atoms with Crippen LogP contribution in [0.2, 0.25) is 0 Å². The fraction of sp³-hybridized carbons (Fsp3) is 0.556. The Morgan fingerprint density at radius 2 is 2.04 bits per heavy atom. The number of halogens is 1. The molecule has 2 rings (SSSR count). The number of likely N-dealkylation sites (N-methyl/N-ethyl adjacent to an activating group) is 1. The van der Waals surface area contributed by atoms with Crippen LogP contribution < -0.4 is 5.32 Å². The smallest absolute Gasteiger partial charge is 0.245 e. The van der Waals surface area contributed by atoms with E-state index in [2.05, 4.69) is 5.32 Å². The molecule has 1 aliphatic rings. The molecule has 0 bridgehead atoms. The molecule has 0 aromatic heterocycles. The van der Waals surface area contributed by atoms with E-state index in [0.717, 1.165) is 31.2 Å². The van der Waals surface area contributed by atoms with E-state index in [9.17, 15) is 14.0 Å². The lowest BCUT2D eigenvalue weighted by molar-refractivity contribution is -0.138. The van der Waals surface area contributed by atoms with Crippen molar-refractivity contribution in [3.05, 3.63) is 35.6 Å². The molecular formula is C18H25FN2O2. The Morgan fingerprint density at radius 1 is 1.35 bits per heavy atom. The van der Waals surface area contributed by atoms with Gasteiger partial charge in [0.05, 0.1) is 0 Å². The van der Waals surface area contributed by atoms with E-state index in [0.29, 0.717) is 13.1 Å². The molecule has 5 heteroatoms. The number of amides is 2. The van der Waals surface area contributed by atoms with Crippen molar-refractivity contribution in [3.8, 4) is 0 Å². The third-order valence-corrected chi connectivity index (χ3v) is 4.45. The van der Waals surface area contributed by atoms with Crippen LogP contribution in [-0.2, 0) is 16.1 Å². The maximum Gasteiger partial charge on any atom is 0.245 e. The van der Waals surface area contributed by atoms with Gasteiger partial charge >= 0.3 is 0 Å². The fourth-order valence-corrected chi connectivity index (χ4v) is 3.29. The summed E-state index contributed by atoms with van der Waals surface area (Å²) < 4.78 is 13.3. The van der Waals surface area contributed by atoms with Crippen molar-refractivity contribution >= 4 is 11.8 Å². The van der Waals surface area contributed by atoms with E-state index in [1.165, 1.54) is 19.1 Å². The average Bonchev–Trinajstić information content (AvgIpc) is 3.03. The zero-order chi connectivity index (χ0) is 16.8. The van der Waals surface area contributed by atoms with Crippen molar-refractivity contribution in [1.82, 2.24) is 10.2 Å². The van der Waals surface area contributed by atoms with Crippen LogP contribution in [0.1, 0.15) is 45.1 Å². The maximum absolute atomic E-state index is 13.3. The monoisotopic (exact) mass is 320 g/mol. The van der Waals surface area contributed by atoms with Crippen LogP contribution in [0.5, 0.6) is 0 Å². The topological polar surface area (TPSA) is 49.4 Å². The summed E-state index contributed by atoms with van der Waals surface area (Å²) in [5.41, 5.74) is 0.758. The molecule has 0 radical (unpaired) electrons. The standard InChI is InChI=1S/C18H25FN2O2/c1-3-21(12-14-7-6-10-16(19)11-14)18(23)17(20-13(2)22)15-8-4-5-9-15/h6-7,10-11,15,17H,3-5,8-9,12H2,1-2H3,(H,20,22).